The maximum absolute atomic E-state index is 9.72. The molecule has 25 heavy (non-hydrogen) atoms. The van der Waals surface area contributed by atoms with E-state index < -0.39 is 0 Å². The van der Waals surface area contributed by atoms with Crippen LogP contribution in [0.3, 0.4) is 0 Å². The molecule has 0 aliphatic heterocycles. The van der Waals surface area contributed by atoms with Crippen molar-refractivity contribution < 1.29 is 4.74 Å². The molecule has 0 N–H and O–H groups in total. The molecule has 0 amide bonds. The summed E-state index contributed by atoms with van der Waals surface area (Å²) in [5.41, 5.74) is 4.42. The summed E-state index contributed by atoms with van der Waals surface area (Å²) in [5.74, 6) is 1.66. The average Bonchev–Trinajstić information content (AvgIpc) is 2.68. The maximum atomic E-state index is 9.72. The average molecular weight is 346 g/mol. The number of benzene rings is 2. The fourth-order valence-corrected chi connectivity index (χ4v) is 3.36. The van der Waals surface area contributed by atoms with Crippen molar-refractivity contribution in [2.75, 3.05) is 12.9 Å². The van der Waals surface area contributed by atoms with E-state index in [0.29, 0.717) is 5.56 Å². The Balaban J connectivity index is 2.20. The molecule has 0 saturated carbocycles. The Kier molecular flexibility index (Phi) is 5.37. The largest absolute Gasteiger partial charge is 0.497 e. The van der Waals surface area contributed by atoms with Crippen LogP contribution in [0, 0.1) is 11.3 Å². The Morgan fingerprint density at radius 3 is 2.36 bits per heavy atom. The van der Waals surface area contributed by atoms with Gasteiger partial charge in [-0.1, -0.05) is 49.4 Å². The van der Waals surface area contributed by atoms with Crippen molar-refractivity contribution in [3.8, 4) is 34.2 Å². The second-order valence-corrected chi connectivity index (χ2v) is 6.63. The van der Waals surface area contributed by atoms with Crippen LogP contribution in [0.2, 0.25) is 0 Å². The first-order valence-electron chi connectivity index (χ1n) is 8.04. The number of rotatable bonds is 5. The predicted molar refractivity (Wildman–Crippen MR) is 103 cm³/mol. The standard InChI is InChI=1S/C21H18N2OS/c1-3-25-21-19(14-22)18(15-9-11-17(24-2)12-10-15)13-20(23-21)16-7-5-4-6-8-16/h4-13H,3H2,1-2H3. The summed E-state index contributed by atoms with van der Waals surface area (Å²) in [6.45, 7) is 2.07. The third-order valence-corrected chi connectivity index (χ3v) is 4.71. The minimum atomic E-state index is 0.622. The van der Waals surface area contributed by atoms with Gasteiger partial charge in [-0.2, -0.15) is 5.26 Å². The van der Waals surface area contributed by atoms with Gasteiger partial charge in [-0.3, -0.25) is 0 Å². The number of pyridine rings is 1. The van der Waals surface area contributed by atoms with Crippen LogP contribution >= 0.6 is 11.8 Å². The Morgan fingerprint density at radius 1 is 1.04 bits per heavy atom. The summed E-state index contributed by atoms with van der Waals surface area (Å²) < 4.78 is 5.24. The second kappa shape index (κ2) is 7.87. The number of hydrogen-bond donors (Lipinski definition) is 0. The normalized spacial score (nSPS) is 10.3. The highest BCUT2D eigenvalue weighted by Crippen LogP contribution is 2.34. The van der Waals surface area contributed by atoms with Crippen molar-refractivity contribution in [2.24, 2.45) is 0 Å². The lowest BCUT2D eigenvalue weighted by molar-refractivity contribution is 0.415. The highest BCUT2D eigenvalue weighted by Gasteiger charge is 2.15. The van der Waals surface area contributed by atoms with E-state index in [-0.39, 0.29) is 0 Å². The number of aromatic nitrogens is 1. The molecule has 124 valence electrons. The van der Waals surface area contributed by atoms with Crippen LogP contribution in [0.1, 0.15) is 12.5 Å². The first-order valence-corrected chi connectivity index (χ1v) is 9.03. The van der Waals surface area contributed by atoms with Gasteiger partial charge in [0.15, 0.2) is 0 Å². The first kappa shape index (κ1) is 17.1. The van der Waals surface area contributed by atoms with Crippen molar-refractivity contribution in [3.05, 3.63) is 66.2 Å². The van der Waals surface area contributed by atoms with Gasteiger partial charge in [-0.05, 0) is 29.5 Å². The van der Waals surface area contributed by atoms with E-state index in [1.54, 1.807) is 18.9 Å². The van der Waals surface area contributed by atoms with Crippen LogP contribution < -0.4 is 4.74 Å². The van der Waals surface area contributed by atoms with Gasteiger partial charge in [0.05, 0.1) is 18.4 Å². The molecule has 0 bridgehead atoms. The zero-order valence-electron chi connectivity index (χ0n) is 14.2. The maximum Gasteiger partial charge on any atom is 0.118 e. The fourth-order valence-electron chi connectivity index (χ4n) is 2.63. The van der Waals surface area contributed by atoms with E-state index in [4.69, 9.17) is 9.72 Å². The van der Waals surface area contributed by atoms with Crippen LogP contribution in [-0.4, -0.2) is 17.8 Å². The molecule has 4 heteroatoms. The molecule has 2 aromatic carbocycles. The number of nitriles is 1. The van der Waals surface area contributed by atoms with Crippen LogP contribution in [0.4, 0.5) is 0 Å². The molecular formula is C21H18N2OS. The number of hydrogen-bond acceptors (Lipinski definition) is 4. The quantitative estimate of drug-likeness (QED) is 0.580. The van der Waals surface area contributed by atoms with Crippen LogP contribution in [0.25, 0.3) is 22.4 Å². The number of thioether (sulfide) groups is 1. The Bertz CT molecular complexity index is 900. The Hall–Kier alpha value is -2.77. The SMILES string of the molecule is CCSc1nc(-c2ccccc2)cc(-c2ccc(OC)cc2)c1C#N. The van der Waals surface area contributed by atoms with Gasteiger partial charge in [-0.25, -0.2) is 4.98 Å². The summed E-state index contributed by atoms with van der Waals surface area (Å²) in [6.07, 6.45) is 0. The first-order chi connectivity index (χ1) is 12.3. The van der Waals surface area contributed by atoms with Crippen molar-refractivity contribution >= 4 is 11.8 Å². The van der Waals surface area contributed by atoms with Gasteiger partial charge >= 0.3 is 0 Å². The molecule has 0 atom stereocenters. The molecule has 0 unspecified atom stereocenters. The van der Waals surface area contributed by atoms with E-state index in [9.17, 15) is 5.26 Å². The van der Waals surface area contributed by atoms with Gasteiger partial charge in [0, 0.05) is 11.1 Å². The topological polar surface area (TPSA) is 45.9 Å². The van der Waals surface area contributed by atoms with Crippen molar-refractivity contribution in [1.29, 1.82) is 5.26 Å². The van der Waals surface area contributed by atoms with E-state index in [2.05, 4.69) is 13.0 Å². The molecule has 0 aliphatic rings. The van der Waals surface area contributed by atoms with Gasteiger partial charge < -0.3 is 4.74 Å². The monoisotopic (exact) mass is 346 g/mol. The molecule has 0 saturated heterocycles. The molecule has 3 nitrogen and oxygen atoms in total. The van der Waals surface area contributed by atoms with Gasteiger partial charge in [0.1, 0.15) is 16.8 Å². The van der Waals surface area contributed by atoms with Gasteiger partial charge in [0.25, 0.3) is 0 Å². The highest BCUT2D eigenvalue weighted by atomic mass is 32.2. The molecule has 1 heterocycles. The Morgan fingerprint density at radius 2 is 1.76 bits per heavy atom. The molecule has 1 aromatic heterocycles. The minimum Gasteiger partial charge on any atom is -0.497 e. The Labute approximate surface area is 152 Å². The van der Waals surface area contributed by atoms with E-state index in [0.717, 1.165) is 38.9 Å². The minimum absolute atomic E-state index is 0.622. The van der Waals surface area contributed by atoms with Crippen LogP contribution in [0.15, 0.2) is 65.7 Å². The highest BCUT2D eigenvalue weighted by molar-refractivity contribution is 7.99. The fraction of sp³-hybridized carbons (Fsp3) is 0.143. The molecule has 3 aromatic rings. The van der Waals surface area contributed by atoms with E-state index >= 15 is 0 Å². The third-order valence-electron chi connectivity index (χ3n) is 3.85. The number of methoxy groups -OCH3 is 1. The van der Waals surface area contributed by atoms with E-state index in [1.165, 1.54) is 0 Å². The van der Waals surface area contributed by atoms with Gasteiger partial charge in [-0.15, -0.1) is 11.8 Å². The van der Waals surface area contributed by atoms with Gasteiger partial charge in [0.2, 0.25) is 0 Å². The number of nitrogens with zero attached hydrogens (tertiary/aromatic N) is 2. The van der Waals surface area contributed by atoms with Crippen LogP contribution in [-0.2, 0) is 0 Å². The smallest absolute Gasteiger partial charge is 0.118 e. The summed E-state index contributed by atoms with van der Waals surface area (Å²) in [7, 11) is 1.64. The van der Waals surface area contributed by atoms with E-state index in [1.807, 2.05) is 60.7 Å². The second-order valence-electron chi connectivity index (χ2n) is 5.37. The lowest BCUT2D eigenvalue weighted by Crippen LogP contribution is -1.96. The van der Waals surface area contributed by atoms with Crippen molar-refractivity contribution in [1.82, 2.24) is 4.98 Å². The lowest BCUT2D eigenvalue weighted by atomic mass is 9.99. The summed E-state index contributed by atoms with van der Waals surface area (Å²) >= 11 is 1.59. The van der Waals surface area contributed by atoms with Crippen LogP contribution in [0.5, 0.6) is 5.75 Å². The van der Waals surface area contributed by atoms with Crippen molar-refractivity contribution in [3.63, 3.8) is 0 Å². The van der Waals surface area contributed by atoms with Crippen molar-refractivity contribution in [2.45, 2.75) is 11.9 Å². The number of ether oxygens (including phenoxy) is 1. The summed E-state index contributed by atoms with van der Waals surface area (Å²) in [4.78, 5) is 4.74. The molecule has 0 spiro atoms. The molecule has 0 radical (unpaired) electrons. The zero-order chi connectivity index (χ0) is 17.6. The zero-order valence-corrected chi connectivity index (χ0v) is 15.0. The molecule has 3 rings (SSSR count). The molecular weight excluding hydrogens is 328 g/mol. The third kappa shape index (κ3) is 3.67. The lowest BCUT2D eigenvalue weighted by Gasteiger charge is -2.12. The predicted octanol–water partition coefficient (Wildman–Crippen LogP) is 5.41. The summed E-state index contributed by atoms with van der Waals surface area (Å²) in [5, 5.41) is 10.5. The molecule has 0 aliphatic carbocycles. The molecule has 0 fully saturated rings. The summed E-state index contributed by atoms with van der Waals surface area (Å²) in [6, 6.07) is 22.1.